The van der Waals surface area contributed by atoms with Gasteiger partial charge in [-0.05, 0) is 6.42 Å². The van der Waals surface area contributed by atoms with E-state index in [2.05, 4.69) is 13.8 Å². The molecular formula is C9H19BrFN2+. The largest absolute Gasteiger partial charge is 1.00 e. The smallest absolute Gasteiger partial charge is 0.535 e. The maximum Gasteiger partial charge on any atom is 0.535 e. The van der Waals surface area contributed by atoms with E-state index in [0.717, 1.165) is 43.9 Å². The first-order valence-corrected chi connectivity index (χ1v) is 4.92. The molecule has 1 rings (SSSR count). The standard InChI is InChI=1S/C9H18FN2.BrH/c1-3-5-11-7-8-12(6-4-2)9(11)10;/h3-8H2,1-2H3;1H/q+1;. The summed E-state index contributed by atoms with van der Waals surface area (Å²) in [6.07, 6.45) is 2.16. The van der Waals surface area contributed by atoms with Gasteiger partial charge in [0.05, 0.1) is 6.54 Å². The average Bonchev–Trinajstić information content (AvgIpc) is 2.38. The number of nitrogens with one attached hydrogen (secondary N) is 1. The third-order valence-electron chi connectivity index (χ3n) is 2.30. The summed E-state index contributed by atoms with van der Waals surface area (Å²) in [5, 5.41) is 0. The maximum atomic E-state index is 13.4. The number of nitrogens with zero attached hydrogens (tertiary/aromatic N) is 1. The second kappa shape index (κ2) is 6.49. The van der Waals surface area contributed by atoms with Crippen LogP contribution in [0.25, 0.3) is 0 Å². The Morgan fingerprint density at radius 2 is 2.08 bits per heavy atom. The van der Waals surface area contributed by atoms with Gasteiger partial charge in [0.1, 0.15) is 6.54 Å². The van der Waals surface area contributed by atoms with Gasteiger partial charge in [-0.3, -0.25) is 0 Å². The lowest BCUT2D eigenvalue weighted by atomic mass is 10.4. The Balaban J connectivity index is 0.00000144. The summed E-state index contributed by atoms with van der Waals surface area (Å²) in [5.41, 5.74) is 0. The Hall–Kier alpha value is 0.0400. The van der Waals surface area contributed by atoms with Crippen LogP contribution in [0.3, 0.4) is 0 Å². The number of amidine groups is 1. The van der Waals surface area contributed by atoms with Crippen LogP contribution in [0.15, 0.2) is 0 Å². The molecule has 0 aromatic carbocycles. The number of quaternary nitrogens is 1. The Morgan fingerprint density at radius 1 is 1.38 bits per heavy atom. The molecule has 0 bridgehead atoms. The van der Waals surface area contributed by atoms with E-state index in [1.807, 2.05) is 4.58 Å². The van der Waals surface area contributed by atoms with E-state index >= 15 is 0 Å². The van der Waals surface area contributed by atoms with E-state index in [0.29, 0.717) is 0 Å². The normalized spacial score (nSPS) is 21.9. The third kappa shape index (κ3) is 3.35. The van der Waals surface area contributed by atoms with Crippen LogP contribution in [-0.4, -0.2) is 36.8 Å². The molecule has 4 heteroatoms. The number of halogens is 2. The summed E-state index contributed by atoms with van der Waals surface area (Å²) < 4.78 is 15.3. The lowest BCUT2D eigenvalue weighted by Gasteiger charge is -2.01. The molecule has 78 valence electrons. The van der Waals surface area contributed by atoms with Crippen molar-refractivity contribution in [1.29, 1.82) is 0 Å². The first-order valence-electron chi connectivity index (χ1n) is 4.92. The number of hydrogen-bond acceptors (Lipinski definition) is 0. The van der Waals surface area contributed by atoms with Gasteiger partial charge < -0.3 is 17.0 Å². The highest BCUT2D eigenvalue weighted by molar-refractivity contribution is 5.56. The van der Waals surface area contributed by atoms with Crippen LogP contribution in [0, 0.1) is 0 Å². The van der Waals surface area contributed by atoms with E-state index in [1.165, 1.54) is 0 Å². The fourth-order valence-electron chi connectivity index (χ4n) is 1.70. The maximum absolute atomic E-state index is 13.4. The summed E-state index contributed by atoms with van der Waals surface area (Å²) in [6, 6.07) is 0. The van der Waals surface area contributed by atoms with E-state index in [9.17, 15) is 4.39 Å². The summed E-state index contributed by atoms with van der Waals surface area (Å²) in [6.45, 7) is 7.84. The first kappa shape index (κ1) is 13.0. The van der Waals surface area contributed by atoms with Gasteiger partial charge in [0, 0.05) is 6.42 Å². The Bertz CT molecular complexity index is 182. The van der Waals surface area contributed by atoms with Gasteiger partial charge in [0.25, 0.3) is 0 Å². The fraction of sp³-hybridized carbons (Fsp3) is 0.889. The molecule has 0 amide bonds. The van der Waals surface area contributed by atoms with Gasteiger partial charge in [-0.25, -0.2) is 4.90 Å². The highest BCUT2D eigenvalue weighted by Crippen LogP contribution is 1.87. The van der Waals surface area contributed by atoms with Crippen molar-refractivity contribution < 1.29 is 30.8 Å². The summed E-state index contributed by atoms with van der Waals surface area (Å²) in [7, 11) is 0. The third-order valence-corrected chi connectivity index (χ3v) is 2.30. The van der Waals surface area contributed by atoms with Crippen molar-refractivity contribution in [3.05, 3.63) is 0 Å². The minimum atomic E-state index is 0. The zero-order valence-corrected chi connectivity index (χ0v) is 10.0. The molecule has 1 aliphatic rings. The molecule has 1 N–H and O–H groups in total. The van der Waals surface area contributed by atoms with Crippen LogP contribution in [0.5, 0.6) is 0 Å². The number of hydrogen-bond donors (Lipinski definition) is 1. The Kier molecular flexibility index (Phi) is 6.51. The molecule has 0 aromatic rings. The van der Waals surface area contributed by atoms with Gasteiger partial charge in [-0.15, -0.1) is 4.58 Å². The van der Waals surface area contributed by atoms with Crippen molar-refractivity contribution in [1.82, 2.24) is 0 Å². The lowest BCUT2D eigenvalue weighted by molar-refractivity contribution is -0.809. The van der Waals surface area contributed by atoms with Crippen LogP contribution in [-0.2, 0) is 0 Å². The topological polar surface area (TPSA) is 7.45 Å². The predicted octanol–water partition coefficient (Wildman–Crippen LogP) is -2.95. The predicted molar refractivity (Wildman–Crippen MR) is 47.4 cm³/mol. The molecule has 13 heavy (non-hydrogen) atoms. The van der Waals surface area contributed by atoms with Crippen LogP contribution in [0.4, 0.5) is 4.39 Å². The molecule has 0 fully saturated rings. The van der Waals surface area contributed by atoms with E-state index in [4.69, 9.17) is 0 Å². The molecule has 0 saturated heterocycles. The van der Waals surface area contributed by atoms with Crippen LogP contribution < -0.4 is 21.9 Å². The lowest BCUT2D eigenvalue weighted by Crippen LogP contribution is -3.12. The van der Waals surface area contributed by atoms with Gasteiger partial charge in [-0.1, -0.05) is 18.2 Å². The monoisotopic (exact) mass is 253 g/mol. The average molecular weight is 254 g/mol. The van der Waals surface area contributed by atoms with Crippen LogP contribution in [0.1, 0.15) is 26.7 Å². The zero-order chi connectivity index (χ0) is 8.97. The SMILES string of the molecule is CCC[N+]1=C(F)[NH+](CCC)CC1.[Br-]. The van der Waals surface area contributed by atoms with Crippen LogP contribution in [0.2, 0.25) is 0 Å². The van der Waals surface area contributed by atoms with Gasteiger partial charge in [0.2, 0.25) is 0 Å². The highest BCUT2D eigenvalue weighted by Gasteiger charge is 2.34. The zero-order valence-electron chi connectivity index (χ0n) is 8.45. The molecule has 1 atom stereocenters. The second-order valence-corrected chi connectivity index (χ2v) is 3.38. The van der Waals surface area contributed by atoms with E-state index in [-0.39, 0.29) is 23.1 Å². The molecule has 1 unspecified atom stereocenters. The molecule has 1 heterocycles. The number of rotatable bonds is 4. The first-order chi connectivity index (χ1) is 5.79. The molecule has 0 aliphatic carbocycles. The molecule has 0 aromatic heterocycles. The van der Waals surface area contributed by atoms with Crippen molar-refractivity contribution in [2.24, 2.45) is 0 Å². The minimum absolute atomic E-state index is 0. The second-order valence-electron chi connectivity index (χ2n) is 3.38. The summed E-state index contributed by atoms with van der Waals surface area (Å²) >= 11 is 0. The quantitative estimate of drug-likeness (QED) is 0.405. The van der Waals surface area contributed by atoms with Crippen molar-refractivity contribution in [3.8, 4) is 0 Å². The van der Waals surface area contributed by atoms with Gasteiger partial charge in [-0.2, -0.15) is 0 Å². The van der Waals surface area contributed by atoms with Crippen molar-refractivity contribution in [2.75, 3.05) is 26.2 Å². The Morgan fingerprint density at radius 3 is 2.62 bits per heavy atom. The molecule has 0 spiro atoms. The fourth-order valence-corrected chi connectivity index (χ4v) is 1.70. The molecular weight excluding hydrogens is 235 g/mol. The van der Waals surface area contributed by atoms with E-state index in [1.54, 1.807) is 0 Å². The minimum Gasteiger partial charge on any atom is -1.00 e. The molecule has 1 aliphatic heterocycles. The van der Waals surface area contributed by atoms with Crippen molar-refractivity contribution >= 4 is 6.09 Å². The summed E-state index contributed by atoms with van der Waals surface area (Å²) in [4.78, 5) is 1.03. The van der Waals surface area contributed by atoms with Gasteiger partial charge in [0.15, 0.2) is 13.1 Å². The van der Waals surface area contributed by atoms with Crippen molar-refractivity contribution in [3.63, 3.8) is 0 Å². The molecule has 2 nitrogen and oxygen atoms in total. The van der Waals surface area contributed by atoms with Crippen molar-refractivity contribution in [2.45, 2.75) is 26.7 Å². The van der Waals surface area contributed by atoms with Crippen LogP contribution >= 0.6 is 0 Å². The Labute approximate surface area is 90.2 Å². The summed E-state index contributed by atoms with van der Waals surface area (Å²) in [5.74, 6) is 0. The molecule has 0 radical (unpaired) electrons. The molecule has 0 saturated carbocycles. The van der Waals surface area contributed by atoms with E-state index < -0.39 is 0 Å². The highest BCUT2D eigenvalue weighted by atomic mass is 79.9. The van der Waals surface area contributed by atoms with Gasteiger partial charge >= 0.3 is 6.09 Å².